The normalized spacial score (nSPS) is 20.8. The van der Waals surface area contributed by atoms with Gasteiger partial charge in [0.25, 0.3) is 0 Å². The quantitative estimate of drug-likeness (QED) is 0.390. The van der Waals surface area contributed by atoms with Crippen molar-refractivity contribution in [3.8, 4) is 0 Å². The summed E-state index contributed by atoms with van der Waals surface area (Å²) in [4.78, 5) is 0. The van der Waals surface area contributed by atoms with Crippen molar-refractivity contribution >= 4 is 38.8 Å². The molecule has 0 aromatic heterocycles. The molecule has 0 spiro atoms. The second kappa shape index (κ2) is 2.11. The zero-order chi connectivity index (χ0) is 3.54. The molecule has 1 rings (SSSR count). The summed E-state index contributed by atoms with van der Waals surface area (Å²) in [5.74, 6) is 2.34. The Morgan fingerprint density at radius 2 is 2.80 bits per heavy atom. The fourth-order valence-electron chi connectivity index (χ4n) is 0.236. The fourth-order valence-corrected chi connectivity index (χ4v) is 4.74. The zero-order valence-corrected chi connectivity index (χ0v) is 6.20. The molecule has 2 heteroatoms. The van der Waals surface area contributed by atoms with Gasteiger partial charge in [-0.2, -0.15) is 0 Å². The fraction of sp³-hybridized carbons (Fsp3) is 0.333. The summed E-state index contributed by atoms with van der Waals surface area (Å²) in [5, 5.41) is 0. The predicted molar refractivity (Wildman–Crippen MR) is 29.6 cm³/mol. The molecule has 0 aliphatic carbocycles. The standard InChI is InChI=1S/C3H4P.Sb/c1-3-4-2;/h2-3H,1H2;. The molecule has 0 fully saturated rings. The van der Waals surface area contributed by atoms with E-state index in [4.69, 9.17) is 0 Å². The van der Waals surface area contributed by atoms with Crippen LogP contribution < -0.4 is 0 Å². The van der Waals surface area contributed by atoms with Crippen molar-refractivity contribution in [1.82, 2.24) is 0 Å². The molecule has 0 atom stereocenters. The first-order valence-corrected chi connectivity index (χ1v) is 5.81. The van der Waals surface area contributed by atoms with Gasteiger partial charge in [0.15, 0.2) is 0 Å². The van der Waals surface area contributed by atoms with Gasteiger partial charge in [-0.25, -0.2) is 0 Å². The Morgan fingerprint density at radius 3 is 3.00 bits per heavy atom. The Hall–Kier alpha value is 0.858. The zero-order valence-electron chi connectivity index (χ0n) is 2.76. The van der Waals surface area contributed by atoms with Crippen molar-refractivity contribution in [3.05, 3.63) is 0 Å². The van der Waals surface area contributed by atoms with Crippen LogP contribution in [0.1, 0.15) is 0 Å². The van der Waals surface area contributed by atoms with Crippen LogP contribution >= 0.6 is 8.20 Å². The van der Waals surface area contributed by atoms with E-state index in [-0.39, 0.29) is 21.1 Å². The SMILES string of the molecule is C1=P[CH]=[Sb][CH2]1. The van der Waals surface area contributed by atoms with Crippen LogP contribution in [0, 0.1) is 0 Å². The van der Waals surface area contributed by atoms with Gasteiger partial charge in [0.05, 0.1) is 0 Å². The minimum atomic E-state index is 0.274. The topological polar surface area (TPSA) is 0 Å². The van der Waals surface area contributed by atoms with Crippen LogP contribution in [0.3, 0.4) is 0 Å². The third kappa shape index (κ3) is 1.16. The van der Waals surface area contributed by atoms with E-state index >= 15 is 0 Å². The summed E-state index contributed by atoms with van der Waals surface area (Å²) >= 11 is 0.274. The molecular formula is C3H4PSb. The van der Waals surface area contributed by atoms with Gasteiger partial charge in [0.2, 0.25) is 0 Å². The summed E-state index contributed by atoms with van der Waals surface area (Å²) in [7, 11) is 1.51. The summed E-state index contributed by atoms with van der Waals surface area (Å²) in [6, 6.07) is 0. The van der Waals surface area contributed by atoms with Crippen molar-refractivity contribution < 1.29 is 0 Å². The average molecular weight is 193 g/mol. The van der Waals surface area contributed by atoms with Gasteiger partial charge in [0.1, 0.15) is 0 Å². The molecule has 0 aromatic rings. The van der Waals surface area contributed by atoms with Crippen LogP contribution in [0.2, 0.25) is 4.37 Å². The van der Waals surface area contributed by atoms with Crippen molar-refractivity contribution in [2.75, 3.05) is 0 Å². The van der Waals surface area contributed by atoms with E-state index in [0.717, 1.165) is 0 Å². The second-order valence-corrected chi connectivity index (χ2v) is 5.77. The Bertz CT molecular complexity index is 65.0. The third-order valence-corrected chi connectivity index (χ3v) is 5.65. The molecule has 1 aliphatic rings. The van der Waals surface area contributed by atoms with Gasteiger partial charge in [-0.15, -0.1) is 0 Å². The van der Waals surface area contributed by atoms with Crippen LogP contribution in [-0.4, -0.2) is 30.6 Å². The van der Waals surface area contributed by atoms with Gasteiger partial charge >= 0.3 is 43.2 Å². The van der Waals surface area contributed by atoms with E-state index in [2.05, 4.69) is 9.49 Å². The third-order valence-electron chi connectivity index (χ3n) is 0.441. The first-order valence-electron chi connectivity index (χ1n) is 1.50. The molecule has 26 valence electrons. The molecule has 0 nitrogen and oxygen atoms in total. The van der Waals surface area contributed by atoms with Crippen LogP contribution in [0.25, 0.3) is 0 Å². The van der Waals surface area contributed by atoms with Crippen molar-refractivity contribution in [3.63, 3.8) is 0 Å². The van der Waals surface area contributed by atoms with E-state index < -0.39 is 0 Å². The Kier molecular flexibility index (Phi) is 1.70. The molecule has 0 saturated carbocycles. The van der Waals surface area contributed by atoms with Crippen molar-refractivity contribution in [2.24, 2.45) is 0 Å². The maximum atomic E-state index is 2.43. The van der Waals surface area contributed by atoms with Crippen LogP contribution in [0.15, 0.2) is 0 Å². The summed E-state index contributed by atoms with van der Waals surface area (Å²) < 4.78 is 3.88. The molecule has 0 amide bonds. The molecule has 0 aromatic carbocycles. The van der Waals surface area contributed by atoms with E-state index in [1.807, 2.05) is 0 Å². The van der Waals surface area contributed by atoms with Gasteiger partial charge < -0.3 is 0 Å². The molecular weight excluding hydrogens is 189 g/mol. The number of hydrogen-bond donors (Lipinski definition) is 0. The van der Waals surface area contributed by atoms with Gasteiger partial charge in [-0.1, -0.05) is 0 Å². The Labute approximate surface area is 43.4 Å². The second-order valence-electron chi connectivity index (χ2n) is 0.812. The van der Waals surface area contributed by atoms with Crippen molar-refractivity contribution in [1.29, 1.82) is 0 Å². The molecule has 0 bridgehead atoms. The van der Waals surface area contributed by atoms with Gasteiger partial charge in [-0.3, -0.25) is 0 Å². The summed E-state index contributed by atoms with van der Waals surface area (Å²) in [6.45, 7) is 0. The van der Waals surface area contributed by atoms with Crippen LogP contribution in [0.4, 0.5) is 0 Å². The summed E-state index contributed by atoms with van der Waals surface area (Å²) in [5.41, 5.74) is 0. The average Bonchev–Trinajstić information content (AvgIpc) is 1.76. The molecule has 1 heterocycles. The number of rotatable bonds is 0. The molecule has 5 heavy (non-hydrogen) atoms. The van der Waals surface area contributed by atoms with E-state index in [1.165, 1.54) is 12.6 Å². The minimum absolute atomic E-state index is 0.274. The molecule has 0 saturated heterocycles. The Morgan fingerprint density at radius 1 is 1.80 bits per heavy atom. The first kappa shape index (κ1) is 4.03. The predicted octanol–water partition coefficient (Wildman–Crippen LogP) is 0.631. The number of hydrogen-bond acceptors (Lipinski definition) is 0. The monoisotopic (exact) mass is 192 g/mol. The molecule has 0 unspecified atom stereocenters. The van der Waals surface area contributed by atoms with Crippen LogP contribution in [-0.2, 0) is 0 Å². The maximum absolute atomic E-state index is 2.43. The van der Waals surface area contributed by atoms with Crippen molar-refractivity contribution in [2.45, 2.75) is 4.37 Å². The summed E-state index contributed by atoms with van der Waals surface area (Å²) in [6.07, 6.45) is 0. The van der Waals surface area contributed by atoms with Crippen LogP contribution in [0.5, 0.6) is 0 Å². The first-order chi connectivity index (χ1) is 2.50. The molecule has 0 radical (unpaired) electrons. The van der Waals surface area contributed by atoms with E-state index in [1.54, 1.807) is 0 Å². The van der Waals surface area contributed by atoms with E-state index in [9.17, 15) is 0 Å². The van der Waals surface area contributed by atoms with Gasteiger partial charge in [0, 0.05) is 0 Å². The molecule has 1 aliphatic heterocycles. The van der Waals surface area contributed by atoms with Gasteiger partial charge in [-0.05, 0) is 0 Å². The van der Waals surface area contributed by atoms with E-state index in [0.29, 0.717) is 0 Å². The molecule has 0 N–H and O–H groups in total. The Balaban J connectivity index is 2.61.